The number of nitrogen functional groups attached to an aromatic ring is 1. The fraction of sp³-hybridized carbons (Fsp3) is 0.125. The van der Waals surface area contributed by atoms with E-state index in [0.717, 1.165) is 11.1 Å². The van der Waals surface area contributed by atoms with E-state index in [2.05, 4.69) is 4.98 Å². The number of benzene rings is 1. The summed E-state index contributed by atoms with van der Waals surface area (Å²) in [7, 11) is 0. The fourth-order valence-electron chi connectivity index (χ4n) is 1.07. The summed E-state index contributed by atoms with van der Waals surface area (Å²) in [4.78, 5) is 3.97. The summed E-state index contributed by atoms with van der Waals surface area (Å²) in [6.45, 7) is 0. The van der Waals surface area contributed by atoms with Gasteiger partial charge in [-0.25, -0.2) is 0 Å². The fourth-order valence-corrected chi connectivity index (χ4v) is 1.24. The minimum Gasteiger partial charge on any atom is -0.424 e. The first kappa shape index (κ1) is 7.43. The zero-order valence-corrected chi connectivity index (χ0v) is 7.01. The van der Waals surface area contributed by atoms with Crippen molar-refractivity contribution in [1.82, 2.24) is 4.98 Å². The van der Waals surface area contributed by atoms with E-state index in [9.17, 15) is 0 Å². The quantitative estimate of drug-likeness (QED) is 0.688. The van der Waals surface area contributed by atoms with Crippen molar-refractivity contribution in [3.05, 3.63) is 23.8 Å². The molecule has 0 radical (unpaired) electrons. The van der Waals surface area contributed by atoms with E-state index in [0.29, 0.717) is 11.5 Å². The van der Waals surface area contributed by atoms with Gasteiger partial charge in [0.15, 0.2) is 5.58 Å². The minimum atomic E-state index is 0.191. The molecule has 12 heavy (non-hydrogen) atoms. The second-order valence-electron chi connectivity index (χ2n) is 2.49. The van der Waals surface area contributed by atoms with Crippen LogP contribution < -0.4 is 5.73 Å². The summed E-state index contributed by atoms with van der Waals surface area (Å²) < 4.78 is 5.09. The molecule has 4 heteroatoms. The molecule has 0 unspecified atom stereocenters. The highest BCUT2D eigenvalue weighted by molar-refractivity contribution is 6.17. The third kappa shape index (κ3) is 1.12. The van der Waals surface area contributed by atoms with Gasteiger partial charge in [0.2, 0.25) is 0 Å². The normalized spacial score (nSPS) is 10.8. The predicted octanol–water partition coefficient (Wildman–Crippen LogP) is 2.15. The first-order chi connectivity index (χ1) is 5.79. The Morgan fingerprint density at radius 1 is 1.50 bits per heavy atom. The van der Waals surface area contributed by atoms with Crippen molar-refractivity contribution in [2.45, 2.75) is 5.88 Å². The number of oxazole rings is 1. The highest BCUT2D eigenvalue weighted by atomic mass is 35.5. The van der Waals surface area contributed by atoms with Gasteiger partial charge in [-0.15, -0.1) is 11.6 Å². The van der Waals surface area contributed by atoms with Gasteiger partial charge in [-0.3, -0.25) is 0 Å². The Morgan fingerprint density at radius 3 is 3.08 bits per heavy atom. The van der Waals surface area contributed by atoms with Gasteiger partial charge < -0.3 is 10.2 Å². The van der Waals surface area contributed by atoms with E-state index in [1.165, 1.54) is 0 Å². The number of alkyl halides is 1. The first-order valence-electron chi connectivity index (χ1n) is 3.50. The van der Waals surface area contributed by atoms with E-state index in [1.807, 2.05) is 18.2 Å². The summed E-state index contributed by atoms with van der Waals surface area (Å²) in [6, 6.07) is 5.76. The van der Waals surface area contributed by atoms with Gasteiger partial charge in [0, 0.05) is 5.88 Å². The van der Waals surface area contributed by atoms with Crippen molar-refractivity contribution in [1.29, 1.82) is 0 Å². The lowest BCUT2D eigenvalue weighted by Crippen LogP contribution is -1.81. The van der Waals surface area contributed by atoms with Crippen LogP contribution in [0, 0.1) is 0 Å². The van der Waals surface area contributed by atoms with Crippen LogP contribution >= 0.6 is 11.6 Å². The SMILES string of the molecule is Nc1nc2cc(CCl)ccc2o1. The molecule has 0 atom stereocenters. The Morgan fingerprint density at radius 2 is 2.33 bits per heavy atom. The van der Waals surface area contributed by atoms with E-state index in [1.54, 1.807) is 0 Å². The maximum atomic E-state index is 5.64. The van der Waals surface area contributed by atoms with Gasteiger partial charge in [0.25, 0.3) is 6.01 Å². The zero-order valence-electron chi connectivity index (χ0n) is 6.25. The van der Waals surface area contributed by atoms with Crippen LogP contribution in [0.25, 0.3) is 11.1 Å². The van der Waals surface area contributed by atoms with Crippen molar-refractivity contribution in [3.8, 4) is 0 Å². The van der Waals surface area contributed by atoms with Crippen LogP contribution in [0.5, 0.6) is 0 Å². The van der Waals surface area contributed by atoms with Gasteiger partial charge in [0.1, 0.15) is 5.52 Å². The van der Waals surface area contributed by atoms with Crippen LogP contribution in [-0.2, 0) is 5.88 Å². The number of hydrogen-bond donors (Lipinski definition) is 1. The Balaban J connectivity index is 2.66. The van der Waals surface area contributed by atoms with E-state index < -0.39 is 0 Å². The van der Waals surface area contributed by atoms with E-state index in [-0.39, 0.29) is 6.01 Å². The molecule has 0 aliphatic heterocycles. The van der Waals surface area contributed by atoms with Crippen LogP contribution in [0.2, 0.25) is 0 Å². The molecule has 1 heterocycles. The Labute approximate surface area is 74.1 Å². The third-order valence-corrected chi connectivity index (χ3v) is 1.93. The minimum absolute atomic E-state index is 0.191. The average molecular weight is 183 g/mol. The van der Waals surface area contributed by atoms with Crippen LogP contribution in [0.1, 0.15) is 5.56 Å². The summed E-state index contributed by atoms with van der Waals surface area (Å²) in [5, 5.41) is 0. The van der Waals surface area contributed by atoms with Crippen molar-refractivity contribution < 1.29 is 4.42 Å². The maximum Gasteiger partial charge on any atom is 0.292 e. The van der Waals surface area contributed by atoms with Crippen LogP contribution in [0.15, 0.2) is 22.6 Å². The molecular formula is C8H7ClN2O. The van der Waals surface area contributed by atoms with E-state index in [4.69, 9.17) is 21.8 Å². The van der Waals surface area contributed by atoms with Gasteiger partial charge in [-0.1, -0.05) is 6.07 Å². The molecule has 62 valence electrons. The zero-order chi connectivity index (χ0) is 8.55. The average Bonchev–Trinajstić information content (AvgIpc) is 2.43. The molecule has 0 spiro atoms. The van der Waals surface area contributed by atoms with Crippen LogP contribution in [0.3, 0.4) is 0 Å². The van der Waals surface area contributed by atoms with Crippen LogP contribution in [0.4, 0.5) is 6.01 Å². The van der Waals surface area contributed by atoms with Crippen molar-refractivity contribution in [2.24, 2.45) is 0 Å². The number of halogens is 1. The molecule has 0 aliphatic rings. The van der Waals surface area contributed by atoms with Gasteiger partial charge >= 0.3 is 0 Å². The maximum absolute atomic E-state index is 5.64. The highest BCUT2D eigenvalue weighted by Gasteiger charge is 2.02. The van der Waals surface area contributed by atoms with Crippen molar-refractivity contribution in [3.63, 3.8) is 0 Å². The predicted molar refractivity (Wildman–Crippen MR) is 48.0 cm³/mol. The Kier molecular flexibility index (Phi) is 1.66. The van der Waals surface area contributed by atoms with Gasteiger partial charge in [-0.05, 0) is 17.7 Å². The lowest BCUT2D eigenvalue weighted by Gasteiger charge is -1.91. The molecule has 2 rings (SSSR count). The largest absolute Gasteiger partial charge is 0.424 e. The molecule has 0 saturated carbocycles. The number of hydrogen-bond acceptors (Lipinski definition) is 3. The monoisotopic (exact) mass is 182 g/mol. The molecule has 3 nitrogen and oxygen atoms in total. The molecule has 0 bridgehead atoms. The third-order valence-electron chi connectivity index (χ3n) is 1.62. The van der Waals surface area contributed by atoms with Crippen molar-refractivity contribution in [2.75, 3.05) is 5.73 Å². The second-order valence-corrected chi connectivity index (χ2v) is 2.76. The number of rotatable bonds is 1. The molecule has 0 fully saturated rings. The number of nitrogens with two attached hydrogens (primary N) is 1. The first-order valence-corrected chi connectivity index (χ1v) is 4.04. The number of nitrogens with zero attached hydrogens (tertiary/aromatic N) is 1. The molecule has 2 aromatic rings. The number of aromatic nitrogens is 1. The standard InChI is InChI=1S/C8H7ClN2O/c9-4-5-1-2-7-6(3-5)11-8(10)12-7/h1-3H,4H2,(H2,10,11). The summed E-state index contributed by atoms with van der Waals surface area (Å²) in [5.74, 6) is 0.475. The Bertz CT molecular complexity index is 410. The number of fused-ring (bicyclic) bond motifs is 1. The smallest absolute Gasteiger partial charge is 0.292 e. The molecule has 0 saturated heterocycles. The molecule has 1 aromatic heterocycles. The van der Waals surface area contributed by atoms with Crippen molar-refractivity contribution >= 4 is 28.7 Å². The lowest BCUT2D eigenvalue weighted by atomic mass is 10.2. The summed E-state index contributed by atoms with van der Waals surface area (Å²) in [6.07, 6.45) is 0. The number of anilines is 1. The molecule has 0 amide bonds. The lowest BCUT2D eigenvalue weighted by molar-refractivity contribution is 0.626. The summed E-state index contributed by atoms with van der Waals surface area (Å²) >= 11 is 5.64. The summed E-state index contributed by atoms with van der Waals surface area (Å²) in [5.41, 5.74) is 7.83. The van der Waals surface area contributed by atoms with Gasteiger partial charge in [0.05, 0.1) is 0 Å². The molecular weight excluding hydrogens is 176 g/mol. The molecule has 1 aromatic carbocycles. The molecule has 0 aliphatic carbocycles. The van der Waals surface area contributed by atoms with E-state index >= 15 is 0 Å². The van der Waals surface area contributed by atoms with Gasteiger partial charge in [-0.2, -0.15) is 4.98 Å². The van der Waals surface area contributed by atoms with Crippen LogP contribution in [-0.4, -0.2) is 4.98 Å². The Hall–Kier alpha value is -1.22. The second kappa shape index (κ2) is 2.68. The topological polar surface area (TPSA) is 52.0 Å². The highest BCUT2D eigenvalue weighted by Crippen LogP contribution is 2.18. The molecule has 2 N–H and O–H groups in total.